The Morgan fingerprint density at radius 1 is 1.20 bits per heavy atom. The number of carbonyl (C=O) groups excluding carboxylic acids is 4. The molecular formula is C29H39N5O5S. The van der Waals surface area contributed by atoms with Crippen LogP contribution in [0.1, 0.15) is 67.0 Å². The molecule has 1 saturated heterocycles. The number of nitrogens with one attached hydrogen (secondary N) is 3. The van der Waals surface area contributed by atoms with Crippen molar-refractivity contribution in [2.75, 3.05) is 19.7 Å². The third kappa shape index (κ3) is 7.59. The van der Waals surface area contributed by atoms with Gasteiger partial charge in [-0.05, 0) is 50.7 Å². The van der Waals surface area contributed by atoms with Crippen LogP contribution in [0, 0.1) is 12.8 Å². The molecule has 0 aliphatic carbocycles. The largest absolute Gasteiger partial charge is 0.491 e. The average Bonchev–Trinajstić information content (AvgIpc) is 3.59. The lowest BCUT2D eigenvalue weighted by Gasteiger charge is -2.28. The van der Waals surface area contributed by atoms with Crippen molar-refractivity contribution >= 4 is 35.0 Å². The number of rotatable bonds is 6. The second kappa shape index (κ2) is 13.7. The van der Waals surface area contributed by atoms with E-state index in [4.69, 9.17) is 4.74 Å². The Morgan fingerprint density at radius 2 is 2.00 bits per heavy atom. The molecule has 4 rings (SSSR count). The number of aryl methyl sites for hydroxylation is 2. The van der Waals surface area contributed by atoms with Crippen LogP contribution >= 0.6 is 11.3 Å². The molecule has 0 spiro atoms. The lowest BCUT2D eigenvalue weighted by atomic mass is 10.0. The molecule has 11 heteroatoms. The zero-order valence-electron chi connectivity index (χ0n) is 23.4. The van der Waals surface area contributed by atoms with Crippen LogP contribution < -0.4 is 20.7 Å². The van der Waals surface area contributed by atoms with Gasteiger partial charge in [0.2, 0.25) is 17.7 Å². The fourth-order valence-corrected chi connectivity index (χ4v) is 5.80. The Bertz CT molecular complexity index is 1210. The first-order valence-electron chi connectivity index (χ1n) is 14.0. The van der Waals surface area contributed by atoms with E-state index in [1.165, 1.54) is 0 Å². The molecule has 3 atom stereocenters. The van der Waals surface area contributed by atoms with E-state index in [0.29, 0.717) is 31.7 Å². The number of hydrogen-bond acceptors (Lipinski definition) is 7. The molecule has 0 saturated carbocycles. The van der Waals surface area contributed by atoms with Gasteiger partial charge in [-0.2, -0.15) is 0 Å². The molecular weight excluding hydrogens is 530 g/mol. The highest BCUT2D eigenvalue weighted by Gasteiger charge is 2.36. The first-order valence-corrected chi connectivity index (χ1v) is 14.9. The summed E-state index contributed by atoms with van der Waals surface area (Å²) in [6.45, 7) is 6.99. The zero-order chi connectivity index (χ0) is 28.6. The van der Waals surface area contributed by atoms with Gasteiger partial charge >= 0.3 is 0 Å². The number of hydrogen-bond donors (Lipinski definition) is 3. The van der Waals surface area contributed by atoms with Gasteiger partial charge in [-0.1, -0.05) is 26.0 Å². The minimum Gasteiger partial charge on any atom is -0.491 e. The minimum atomic E-state index is -0.921. The highest BCUT2D eigenvalue weighted by Crippen LogP contribution is 2.23. The maximum atomic E-state index is 13.4. The van der Waals surface area contributed by atoms with E-state index in [2.05, 4.69) is 20.9 Å². The summed E-state index contributed by atoms with van der Waals surface area (Å²) in [7, 11) is 0. The summed E-state index contributed by atoms with van der Waals surface area (Å²) in [4.78, 5) is 59.1. The highest BCUT2D eigenvalue weighted by molar-refractivity contribution is 7.09. The molecule has 3 heterocycles. The van der Waals surface area contributed by atoms with Gasteiger partial charge in [0.25, 0.3) is 5.91 Å². The molecule has 40 heavy (non-hydrogen) atoms. The topological polar surface area (TPSA) is 130 Å². The van der Waals surface area contributed by atoms with Gasteiger partial charge in [0.1, 0.15) is 24.4 Å². The molecule has 216 valence electrons. The summed E-state index contributed by atoms with van der Waals surface area (Å²) in [5.41, 5.74) is 1.27. The molecule has 0 unspecified atom stereocenters. The molecule has 3 N–H and O–H groups in total. The fraction of sp³-hybridized carbons (Fsp3) is 0.552. The Morgan fingerprint density at radius 3 is 2.75 bits per heavy atom. The average molecular weight is 570 g/mol. The molecule has 1 aromatic heterocycles. The standard InChI is InChI=1S/C29H39N5O5S/c1-18(2)22-16-39-24-10-5-4-8-20(24)27(36)32-21(28(37)30-14-6-11-25-31-19(3)17-40-25)12-13-26(35)34-15-7-9-23(34)29(38)33-22/h4-5,8,10,17-18,21-23H,6-7,9,11-16H2,1-3H3,(H,30,37)(H,32,36)(H,33,38)/t21-,22+,23+/m0/s1. The number of ether oxygens (including phenoxy) is 1. The molecule has 2 aromatic rings. The minimum absolute atomic E-state index is 0.0340. The summed E-state index contributed by atoms with van der Waals surface area (Å²) in [6.07, 6.45) is 2.92. The van der Waals surface area contributed by atoms with Gasteiger partial charge < -0.3 is 25.6 Å². The molecule has 10 nitrogen and oxygen atoms in total. The van der Waals surface area contributed by atoms with Crippen LogP contribution in [0.4, 0.5) is 0 Å². The number of benzene rings is 1. The van der Waals surface area contributed by atoms with E-state index in [0.717, 1.165) is 23.5 Å². The van der Waals surface area contributed by atoms with Gasteiger partial charge in [-0.15, -0.1) is 11.3 Å². The SMILES string of the molecule is Cc1csc(CCCNC(=O)[C@@H]2CCC(=O)N3CCC[C@@H]3C(=O)N[C@@H](C(C)C)COc3ccccc3C(=O)N2)n1. The van der Waals surface area contributed by atoms with E-state index in [-0.39, 0.29) is 54.7 Å². The summed E-state index contributed by atoms with van der Waals surface area (Å²) < 4.78 is 6.05. The van der Waals surface area contributed by atoms with Crippen molar-refractivity contribution in [1.82, 2.24) is 25.8 Å². The zero-order valence-corrected chi connectivity index (χ0v) is 24.2. The van der Waals surface area contributed by atoms with Gasteiger partial charge in [-0.3, -0.25) is 19.2 Å². The second-order valence-electron chi connectivity index (χ2n) is 10.8. The lowest BCUT2D eigenvalue weighted by molar-refractivity contribution is -0.139. The van der Waals surface area contributed by atoms with Crippen molar-refractivity contribution < 1.29 is 23.9 Å². The Kier molecular flexibility index (Phi) is 10.1. The van der Waals surface area contributed by atoms with Crippen molar-refractivity contribution in [3.05, 3.63) is 45.9 Å². The number of fused-ring (bicyclic) bond motifs is 2. The van der Waals surface area contributed by atoms with Crippen LogP contribution in [0.15, 0.2) is 29.6 Å². The second-order valence-corrected chi connectivity index (χ2v) is 11.7. The smallest absolute Gasteiger partial charge is 0.255 e. The number of para-hydroxylation sites is 1. The van der Waals surface area contributed by atoms with E-state index in [1.54, 1.807) is 40.5 Å². The monoisotopic (exact) mass is 569 g/mol. The van der Waals surface area contributed by atoms with Crippen LogP contribution in [0.3, 0.4) is 0 Å². The van der Waals surface area contributed by atoms with E-state index < -0.39 is 18.0 Å². The van der Waals surface area contributed by atoms with Crippen molar-refractivity contribution in [3.8, 4) is 5.75 Å². The van der Waals surface area contributed by atoms with Gasteiger partial charge in [-0.25, -0.2) is 4.98 Å². The fourth-order valence-electron chi connectivity index (χ4n) is 4.99. The van der Waals surface area contributed by atoms with Crippen molar-refractivity contribution in [1.29, 1.82) is 0 Å². The number of amides is 4. The van der Waals surface area contributed by atoms with E-state index in [9.17, 15) is 19.2 Å². The number of thiazole rings is 1. The Hall–Kier alpha value is -3.47. The van der Waals surface area contributed by atoms with Gasteiger partial charge in [0.05, 0.1) is 16.6 Å². The van der Waals surface area contributed by atoms with Crippen LogP contribution in [0.2, 0.25) is 0 Å². The summed E-state index contributed by atoms with van der Waals surface area (Å²) in [5, 5.41) is 11.8. The van der Waals surface area contributed by atoms with E-state index >= 15 is 0 Å². The third-order valence-corrected chi connectivity index (χ3v) is 8.39. The Labute approximate surface area is 239 Å². The first-order chi connectivity index (χ1) is 19.2. The molecule has 2 aliphatic rings. The summed E-state index contributed by atoms with van der Waals surface area (Å²) in [6, 6.07) is 5.05. The Balaban J connectivity index is 1.51. The summed E-state index contributed by atoms with van der Waals surface area (Å²) in [5.74, 6) is -0.771. The number of aromatic nitrogens is 1. The third-order valence-electron chi connectivity index (χ3n) is 7.36. The normalized spacial score (nSPS) is 22.4. The van der Waals surface area contributed by atoms with Crippen molar-refractivity contribution in [3.63, 3.8) is 0 Å². The number of nitrogens with zero attached hydrogens (tertiary/aromatic N) is 2. The van der Waals surface area contributed by atoms with Crippen LogP contribution in [0.5, 0.6) is 5.75 Å². The van der Waals surface area contributed by atoms with Crippen LogP contribution in [-0.2, 0) is 20.8 Å². The van der Waals surface area contributed by atoms with Crippen molar-refractivity contribution in [2.45, 2.75) is 77.4 Å². The van der Waals surface area contributed by atoms with Crippen LogP contribution in [0.25, 0.3) is 0 Å². The molecule has 0 bridgehead atoms. The van der Waals surface area contributed by atoms with Gasteiger partial charge in [0.15, 0.2) is 0 Å². The molecule has 1 fully saturated rings. The predicted octanol–water partition coefficient (Wildman–Crippen LogP) is 2.60. The molecule has 1 aromatic carbocycles. The predicted molar refractivity (Wildman–Crippen MR) is 152 cm³/mol. The molecule has 4 amide bonds. The molecule has 0 radical (unpaired) electrons. The van der Waals surface area contributed by atoms with E-state index in [1.807, 2.05) is 26.2 Å². The summed E-state index contributed by atoms with van der Waals surface area (Å²) >= 11 is 1.59. The van der Waals surface area contributed by atoms with Gasteiger partial charge in [0, 0.05) is 37.0 Å². The highest BCUT2D eigenvalue weighted by atomic mass is 32.1. The van der Waals surface area contributed by atoms with Crippen LogP contribution in [-0.4, -0.2) is 71.3 Å². The lowest BCUT2D eigenvalue weighted by Crippen LogP contribution is -2.52. The quantitative estimate of drug-likeness (QED) is 0.459. The number of carbonyl (C=O) groups is 4. The molecule has 2 aliphatic heterocycles. The maximum absolute atomic E-state index is 13.4. The van der Waals surface area contributed by atoms with Crippen molar-refractivity contribution in [2.24, 2.45) is 5.92 Å². The maximum Gasteiger partial charge on any atom is 0.255 e. The first kappa shape index (κ1) is 29.5.